The molecule has 0 spiro atoms. The van der Waals surface area contributed by atoms with Crippen molar-refractivity contribution >= 4 is 6.29 Å². The van der Waals surface area contributed by atoms with E-state index in [1.54, 1.807) is 24.5 Å². The van der Waals surface area contributed by atoms with Gasteiger partial charge in [-0.05, 0) is 12.1 Å². The van der Waals surface area contributed by atoms with Crippen LogP contribution in [-0.4, -0.2) is 21.1 Å². The third kappa shape index (κ3) is 1.81. The summed E-state index contributed by atoms with van der Waals surface area (Å²) in [5, 5.41) is 12.7. The molecule has 0 amide bonds. The Labute approximate surface area is 92.0 Å². The molecule has 2 heterocycles. The van der Waals surface area contributed by atoms with Gasteiger partial charge in [-0.1, -0.05) is 6.07 Å². The van der Waals surface area contributed by atoms with Gasteiger partial charge in [-0.15, -0.1) is 0 Å². The summed E-state index contributed by atoms with van der Waals surface area (Å²) in [6.07, 6.45) is 3.89. The summed E-state index contributed by atoms with van der Waals surface area (Å²) >= 11 is 0. The van der Waals surface area contributed by atoms with Crippen molar-refractivity contribution in [2.24, 2.45) is 0 Å². The summed E-state index contributed by atoms with van der Waals surface area (Å²) in [5.74, 6) is 0. The maximum Gasteiger partial charge on any atom is 0.153 e. The first-order chi connectivity index (χ1) is 7.85. The molecule has 2 aromatic heterocycles. The second-order valence-electron chi connectivity index (χ2n) is 3.12. The molecule has 0 fully saturated rings. The van der Waals surface area contributed by atoms with Crippen LogP contribution in [-0.2, 0) is 6.54 Å². The number of aromatic nitrogens is 3. The monoisotopic (exact) mass is 212 g/mol. The largest absolute Gasteiger partial charge is 0.298 e. The van der Waals surface area contributed by atoms with E-state index in [-0.39, 0.29) is 6.54 Å². The minimum absolute atomic E-state index is 0.119. The van der Waals surface area contributed by atoms with E-state index in [2.05, 4.69) is 10.1 Å². The molecule has 0 aliphatic heterocycles. The lowest BCUT2D eigenvalue weighted by Crippen LogP contribution is -1.95. The van der Waals surface area contributed by atoms with Gasteiger partial charge in [-0.3, -0.25) is 14.5 Å². The van der Waals surface area contributed by atoms with Gasteiger partial charge >= 0.3 is 0 Å². The van der Waals surface area contributed by atoms with Crippen LogP contribution in [0.15, 0.2) is 30.6 Å². The standard InChI is InChI=1S/C11H8N4O/c12-4-6-15-7-9(8-16)11(14-15)10-3-1-2-5-13-10/h1-3,5,7-8H,6H2. The normalized spacial score (nSPS) is 9.69. The number of aldehydes is 1. The fourth-order valence-corrected chi connectivity index (χ4v) is 1.38. The zero-order chi connectivity index (χ0) is 11.4. The van der Waals surface area contributed by atoms with Crippen LogP contribution >= 0.6 is 0 Å². The number of nitrogens with zero attached hydrogens (tertiary/aromatic N) is 4. The summed E-state index contributed by atoms with van der Waals surface area (Å²) in [4.78, 5) is 15.0. The molecule has 2 aromatic rings. The number of rotatable bonds is 3. The molecular weight excluding hydrogens is 204 g/mol. The van der Waals surface area contributed by atoms with Gasteiger partial charge in [0.1, 0.15) is 12.2 Å². The molecule has 0 aliphatic rings. The molecular formula is C11H8N4O. The predicted octanol–water partition coefficient (Wildman–Crippen LogP) is 1.28. The first-order valence-corrected chi connectivity index (χ1v) is 4.66. The van der Waals surface area contributed by atoms with Crippen LogP contribution in [0, 0.1) is 11.3 Å². The van der Waals surface area contributed by atoms with Gasteiger partial charge < -0.3 is 0 Å². The zero-order valence-electron chi connectivity index (χ0n) is 8.37. The van der Waals surface area contributed by atoms with E-state index in [1.807, 2.05) is 12.1 Å². The Kier molecular flexibility index (Phi) is 2.74. The van der Waals surface area contributed by atoms with E-state index in [0.717, 1.165) is 0 Å². The molecule has 2 rings (SSSR count). The van der Waals surface area contributed by atoms with E-state index < -0.39 is 0 Å². The predicted molar refractivity (Wildman–Crippen MR) is 56.5 cm³/mol. The fraction of sp³-hybridized carbons (Fsp3) is 0.0909. The molecule has 0 atom stereocenters. The van der Waals surface area contributed by atoms with Gasteiger partial charge in [-0.25, -0.2) is 0 Å². The molecule has 16 heavy (non-hydrogen) atoms. The smallest absolute Gasteiger partial charge is 0.153 e. The fourth-order valence-electron chi connectivity index (χ4n) is 1.38. The lowest BCUT2D eigenvalue weighted by Gasteiger charge is -1.95. The van der Waals surface area contributed by atoms with Crippen LogP contribution in [0.2, 0.25) is 0 Å². The Morgan fingerprint density at radius 2 is 2.38 bits per heavy atom. The SMILES string of the molecule is N#CCn1cc(C=O)c(-c2ccccn2)n1. The number of hydrogen-bond acceptors (Lipinski definition) is 4. The van der Waals surface area contributed by atoms with Gasteiger partial charge in [0.2, 0.25) is 0 Å². The minimum atomic E-state index is 0.119. The van der Waals surface area contributed by atoms with Crippen molar-refractivity contribution in [2.45, 2.75) is 6.54 Å². The molecule has 0 aromatic carbocycles. The van der Waals surface area contributed by atoms with E-state index >= 15 is 0 Å². The Morgan fingerprint density at radius 1 is 1.50 bits per heavy atom. The Bertz CT molecular complexity index is 539. The molecule has 0 N–H and O–H groups in total. The van der Waals surface area contributed by atoms with E-state index in [0.29, 0.717) is 23.2 Å². The molecule has 0 radical (unpaired) electrons. The molecule has 0 saturated heterocycles. The molecule has 0 unspecified atom stereocenters. The highest BCUT2D eigenvalue weighted by Gasteiger charge is 2.10. The summed E-state index contributed by atoms with van der Waals surface area (Å²) in [5.41, 5.74) is 1.57. The second kappa shape index (κ2) is 4.36. The molecule has 5 heteroatoms. The number of hydrogen-bond donors (Lipinski definition) is 0. The quantitative estimate of drug-likeness (QED) is 0.718. The maximum atomic E-state index is 10.9. The summed E-state index contributed by atoms with van der Waals surface area (Å²) in [6.45, 7) is 0.119. The molecule has 0 bridgehead atoms. The highest BCUT2D eigenvalue weighted by molar-refractivity contribution is 5.84. The average Bonchev–Trinajstić information content (AvgIpc) is 2.74. The number of pyridine rings is 1. The summed E-state index contributed by atoms with van der Waals surface area (Å²) in [7, 11) is 0. The minimum Gasteiger partial charge on any atom is -0.298 e. The van der Waals surface area contributed by atoms with Crippen LogP contribution in [0.5, 0.6) is 0 Å². The van der Waals surface area contributed by atoms with Gasteiger partial charge in [0.15, 0.2) is 6.29 Å². The van der Waals surface area contributed by atoms with Crippen molar-refractivity contribution in [2.75, 3.05) is 0 Å². The number of nitriles is 1. The van der Waals surface area contributed by atoms with Crippen LogP contribution in [0.25, 0.3) is 11.4 Å². The van der Waals surface area contributed by atoms with Gasteiger partial charge in [0.25, 0.3) is 0 Å². The topological polar surface area (TPSA) is 71.6 Å². The van der Waals surface area contributed by atoms with E-state index in [9.17, 15) is 4.79 Å². The molecule has 0 aliphatic carbocycles. The van der Waals surface area contributed by atoms with Crippen LogP contribution in [0.1, 0.15) is 10.4 Å². The second-order valence-corrected chi connectivity index (χ2v) is 3.12. The maximum absolute atomic E-state index is 10.9. The van der Waals surface area contributed by atoms with Crippen molar-refractivity contribution in [3.8, 4) is 17.5 Å². The molecule has 5 nitrogen and oxygen atoms in total. The zero-order valence-corrected chi connectivity index (χ0v) is 8.37. The van der Waals surface area contributed by atoms with Crippen molar-refractivity contribution in [1.82, 2.24) is 14.8 Å². The Morgan fingerprint density at radius 3 is 3.00 bits per heavy atom. The third-order valence-electron chi connectivity index (χ3n) is 2.06. The van der Waals surface area contributed by atoms with Crippen molar-refractivity contribution < 1.29 is 4.79 Å². The molecule has 0 saturated carbocycles. The first kappa shape index (κ1) is 10.1. The molecule has 78 valence electrons. The third-order valence-corrected chi connectivity index (χ3v) is 2.06. The van der Waals surface area contributed by atoms with Crippen molar-refractivity contribution in [3.63, 3.8) is 0 Å². The van der Waals surface area contributed by atoms with Crippen molar-refractivity contribution in [1.29, 1.82) is 5.26 Å². The van der Waals surface area contributed by atoms with Gasteiger partial charge in [0.05, 0.1) is 17.3 Å². The van der Waals surface area contributed by atoms with Gasteiger partial charge in [-0.2, -0.15) is 10.4 Å². The van der Waals surface area contributed by atoms with Crippen LogP contribution < -0.4 is 0 Å². The Hall–Kier alpha value is -2.48. The van der Waals surface area contributed by atoms with E-state index in [1.165, 1.54) is 4.68 Å². The van der Waals surface area contributed by atoms with Crippen molar-refractivity contribution in [3.05, 3.63) is 36.2 Å². The lowest BCUT2D eigenvalue weighted by atomic mass is 10.2. The van der Waals surface area contributed by atoms with Crippen LogP contribution in [0.4, 0.5) is 0 Å². The summed E-state index contributed by atoms with van der Waals surface area (Å²) < 4.78 is 1.42. The first-order valence-electron chi connectivity index (χ1n) is 4.66. The number of carbonyl (C=O) groups is 1. The Balaban J connectivity index is 2.48. The average molecular weight is 212 g/mol. The summed E-state index contributed by atoms with van der Waals surface area (Å²) in [6, 6.07) is 7.34. The van der Waals surface area contributed by atoms with Crippen LogP contribution in [0.3, 0.4) is 0 Å². The van der Waals surface area contributed by atoms with Gasteiger partial charge in [0, 0.05) is 12.4 Å². The van der Waals surface area contributed by atoms with E-state index in [4.69, 9.17) is 5.26 Å². The highest BCUT2D eigenvalue weighted by atomic mass is 16.1. The lowest BCUT2D eigenvalue weighted by molar-refractivity contribution is 0.112. The highest BCUT2D eigenvalue weighted by Crippen LogP contribution is 2.17. The number of carbonyl (C=O) groups excluding carboxylic acids is 1.